The van der Waals surface area contributed by atoms with Crippen molar-refractivity contribution in [1.82, 2.24) is 5.16 Å². The van der Waals surface area contributed by atoms with Gasteiger partial charge in [-0.15, -0.1) is 0 Å². The first-order valence-corrected chi connectivity index (χ1v) is 8.50. The van der Waals surface area contributed by atoms with Crippen LogP contribution in [0.25, 0.3) is 11.5 Å². The Balaban J connectivity index is 1.36. The fourth-order valence-electron chi connectivity index (χ4n) is 3.13. The molecule has 0 radical (unpaired) electrons. The van der Waals surface area contributed by atoms with E-state index in [0.29, 0.717) is 11.5 Å². The number of piperazine rings is 1. The molecule has 1 aromatic carbocycles. The summed E-state index contributed by atoms with van der Waals surface area (Å²) in [6, 6.07) is 13.7. The number of hydrogen-bond acceptors (Lipinski definition) is 4. The van der Waals surface area contributed by atoms with E-state index in [0.717, 1.165) is 49.1 Å². The molecule has 0 spiro atoms. The van der Waals surface area contributed by atoms with Crippen LogP contribution in [-0.2, 0) is 6.54 Å². The van der Waals surface area contributed by atoms with Gasteiger partial charge in [0.05, 0.1) is 43.2 Å². The Morgan fingerprint density at radius 1 is 1.08 bits per heavy atom. The van der Waals surface area contributed by atoms with E-state index in [1.54, 1.807) is 6.26 Å². The summed E-state index contributed by atoms with van der Waals surface area (Å²) in [7, 11) is 0. The second-order valence-corrected chi connectivity index (χ2v) is 6.43. The average molecular weight is 345 g/mol. The molecule has 1 aliphatic heterocycles. The molecule has 3 aromatic rings. The summed E-state index contributed by atoms with van der Waals surface area (Å²) >= 11 is 6.30. The lowest BCUT2D eigenvalue weighted by atomic mass is 10.2. The predicted octanol–water partition coefficient (Wildman–Crippen LogP) is 2.49. The lowest BCUT2D eigenvalue weighted by molar-refractivity contribution is -0.914. The van der Waals surface area contributed by atoms with Crippen LogP contribution in [0.5, 0.6) is 0 Å². The molecule has 1 aliphatic rings. The van der Waals surface area contributed by atoms with E-state index in [1.165, 1.54) is 4.90 Å². The van der Waals surface area contributed by atoms with Crippen molar-refractivity contribution in [3.05, 3.63) is 59.4 Å². The normalized spacial score (nSPS) is 15.8. The highest BCUT2D eigenvalue weighted by Gasteiger charge is 2.23. The third kappa shape index (κ3) is 3.18. The smallest absolute Gasteiger partial charge is 0.202 e. The van der Waals surface area contributed by atoms with E-state index in [4.69, 9.17) is 20.5 Å². The van der Waals surface area contributed by atoms with Crippen LogP contribution < -0.4 is 9.80 Å². The van der Waals surface area contributed by atoms with Crippen LogP contribution >= 0.6 is 11.6 Å². The number of rotatable bonds is 4. The topological polar surface area (TPSA) is 46.9 Å². The minimum absolute atomic E-state index is 0.684. The van der Waals surface area contributed by atoms with Crippen molar-refractivity contribution in [1.29, 1.82) is 0 Å². The number of nitrogens with one attached hydrogen (secondary N) is 1. The Bertz CT molecular complexity index is 792. The Labute approximate surface area is 145 Å². The molecule has 1 fully saturated rings. The molecule has 4 rings (SSSR count). The zero-order valence-electron chi connectivity index (χ0n) is 13.2. The molecule has 5 nitrogen and oxygen atoms in total. The van der Waals surface area contributed by atoms with Crippen LogP contribution in [0.2, 0.25) is 5.02 Å². The molecule has 0 atom stereocenters. The molecule has 1 N–H and O–H groups in total. The van der Waals surface area contributed by atoms with E-state index < -0.39 is 0 Å². The number of anilines is 1. The molecular formula is C18H19ClN3O2+. The molecule has 0 aliphatic carbocycles. The SMILES string of the molecule is Clc1ccccc1N1CC[NH+](Cc2cc(-c3ccco3)on2)CC1. The van der Waals surface area contributed by atoms with Gasteiger partial charge in [-0.2, -0.15) is 0 Å². The summed E-state index contributed by atoms with van der Waals surface area (Å²) in [4.78, 5) is 3.85. The second-order valence-electron chi connectivity index (χ2n) is 6.03. The van der Waals surface area contributed by atoms with Gasteiger partial charge < -0.3 is 18.7 Å². The van der Waals surface area contributed by atoms with Crippen molar-refractivity contribution >= 4 is 17.3 Å². The lowest BCUT2D eigenvalue weighted by Crippen LogP contribution is -3.13. The van der Waals surface area contributed by atoms with Crippen molar-refractivity contribution < 1.29 is 13.8 Å². The van der Waals surface area contributed by atoms with Gasteiger partial charge in [-0.3, -0.25) is 0 Å². The number of aromatic nitrogens is 1. The van der Waals surface area contributed by atoms with E-state index in [2.05, 4.69) is 16.1 Å². The zero-order valence-corrected chi connectivity index (χ0v) is 14.0. The van der Waals surface area contributed by atoms with Crippen LogP contribution in [0.4, 0.5) is 5.69 Å². The molecular weight excluding hydrogens is 326 g/mol. The average Bonchev–Trinajstić information content (AvgIpc) is 3.27. The molecule has 6 heteroatoms. The third-order valence-corrected chi connectivity index (χ3v) is 4.74. The standard InChI is InChI=1S/C18H18ClN3O2/c19-15-4-1-2-5-16(15)22-9-7-21(8-10-22)13-14-12-18(24-20-14)17-6-3-11-23-17/h1-6,11-12H,7-10,13H2/p+1. The van der Waals surface area contributed by atoms with Crippen molar-refractivity contribution in [2.45, 2.75) is 6.54 Å². The van der Waals surface area contributed by atoms with Crippen LogP contribution in [0.15, 0.2) is 57.7 Å². The summed E-state index contributed by atoms with van der Waals surface area (Å²) in [6.45, 7) is 4.94. The molecule has 2 aromatic heterocycles. The predicted molar refractivity (Wildman–Crippen MR) is 92.3 cm³/mol. The van der Waals surface area contributed by atoms with Gasteiger partial charge in [-0.25, -0.2) is 0 Å². The molecule has 1 saturated heterocycles. The Hall–Kier alpha value is -2.24. The molecule has 0 bridgehead atoms. The van der Waals surface area contributed by atoms with Gasteiger partial charge in [0.1, 0.15) is 12.2 Å². The number of para-hydroxylation sites is 1. The maximum absolute atomic E-state index is 6.30. The number of quaternary nitrogens is 1. The Kier molecular flexibility index (Phi) is 4.28. The number of halogens is 1. The van der Waals surface area contributed by atoms with E-state index in [-0.39, 0.29) is 0 Å². The van der Waals surface area contributed by atoms with Crippen molar-refractivity contribution in [2.24, 2.45) is 0 Å². The van der Waals surface area contributed by atoms with Gasteiger partial charge in [0.25, 0.3) is 0 Å². The number of furan rings is 1. The minimum Gasteiger partial charge on any atom is -0.461 e. The van der Waals surface area contributed by atoms with E-state index in [1.807, 2.05) is 36.4 Å². The largest absolute Gasteiger partial charge is 0.461 e. The monoisotopic (exact) mass is 344 g/mol. The highest BCUT2D eigenvalue weighted by atomic mass is 35.5. The summed E-state index contributed by atoms with van der Waals surface area (Å²) in [6.07, 6.45) is 1.64. The Morgan fingerprint density at radius 2 is 1.92 bits per heavy atom. The molecule has 0 saturated carbocycles. The lowest BCUT2D eigenvalue weighted by Gasteiger charge is -2.33. The first kappa shape index (κ1) is 15.3. The molecule has 24 heavy (non-hydrogen) atoms. The van der Waals surface area contributed by atoms with Crippen LogP contribution in [0.1, 0.15) is 5.69 Å². The molecule has 0 amide bonds. The van der Waals surface area contributed by atoms with Crippen molar-refractivity contribution in [2.75, 3.05) is 31.1 Å². The fraction of sp³-hybridized carbons (Fsp3) is 0.278. The van der Waals surface area contributed by atoms with Crippen LogP contribution in [0.3, 0.4) is 0 Å². The van der Waals surface area contributed by atoms with Gasteiger partial charge >= 0.3 is 0 Å². The number of nitrogens with zero attached hydrogens (tertiary/aromatic N) is 2. The fourth-order valence-corrected chi connectivity index (χ4v) is 3.39. The minimum atomic E-state index is 0.684. The van der Waals surface area contributed by atoms with Crippen molar-refractivity contribution in [3.8, 4) is 11.5 Å². The second kappa shape index (κ2) is 6.71. The summed E-state index contributed by atoms with van der Waals surface area (Å²) in [5, 5.41) is 4.99. The summed E-state index contributed by atoms with van der Waals surface area (Å²) in [5.74, 6) is 1.40. The zero-order chi connectivity index (χ0) is 16.4. The molecule has 0 unspecified atom stereocenters. The summed E-state index contributed by atoms with van der Waals surface area (Å²) < 4.78 is 10.7. The number of hydrogen-bond donors (Lipinski definition) is 1. The maximum Gasteiger partial charge on any atom is 0.202 e. The molecule has 124 valence electrons. The first-order valence-electron chi connectivity index (χ1n) is 8.12. The quantitative estimate of drug-likeness (QED) is 0.790. The van der Waals surface area contributed by atoms with Crippen molar-refractivity contribution in [3.63, 3.8) is 0 Å². The summed E-state index contributed by atoms with van der Waals surface area (Å²) in [5.41, 5.74) is 2.09. The third-order valence-electron chi connectivity index (χ3n) is 4.42. The first-order chi connectivity index (χ1) is 11.8. The van der Waals surface area contributed by atoms with Gasteiger partial charge in [-0.1, -0.05) is 28.9 Å². The highest BCUT2D eigenvalue weighted by Crippen LogP contribution is 2.25. The van der Waals surface area contributed by atoms with Crippen LogP contribution in [-0.4, -0.2) is 31.3 Å². The Morgan fingerprint density at radius 3 is 2.67 bits per heavy atom. The van der Waals surface area contributed by atoms with Gasteiger partial charge in [-0.05, 0) is 24.3 Å². The van der Waals surface area contributed by atoms with E-state index in [9.17, 15) is 0 Å². The van der Waals surface area contributed by atoms with Gasteiger partial charge in [0.2, 0.25) is 5.76 Å². The van der Waals surface area contributed by atoms with Crippen LogP contribution in [0, 0.1) is 0 Å². The van der Waals surface area contributed by atoms with Gasteiger partial charge in [0, 0.05) is 6.07 Å². The van der Waals surface area contributed by atoms with Gasteiger partial charge in [0.15, 0.2) is 5.76 Å². The highest BCUT2D eigenvalue weighted by molar-refractivity contribution is 6.33. The molecule has 3 heterocycles. The number of benzene rings is 1. The maximum atomic E-state index is 6.30. The van der Waals surface area contributed by atoms with E-state index >= 15 is 0 Å².